The van der Waals surface area contributed by atoms with Crippen molar-refractivity contribution in [3.05, 3.63) is 71.5 Å². The van der Waals surface area contributed by atoms with Gasteiger partial charge in [-0.25, -0.2) is 8.42 Å². The first kappa shape index (κ1) is 21.7. The molecule has 31 heavy (non-hydrogen) atoms. The van der Waals surface area contributed by atoms with E-state index in [9.17, 15) is 13.2 Å². The summed E-state index contributed by atoms with van der Waals surface area (Å²) in [6.07, 6.45) is 2.48. The molecule has 3 aromatic rings. The Kier molecular flexibility index (Phi) is 6.24. The average Bonchev–Trinajstić information content (AvgIpc) is 2.80. The van der Waals surface area contributed by atoms with E-state index >= 15 is 0 Å². The van der Waals surface area contributed by atoms with E-state index in [1.54, 1.807) is 65.8 Å². The second-order valence-corrected chi connectivity index (χ2v) is 9.65. The molecule has 1 aromatic heterocycles. The van der Waals surface area contributed by atoms with Crippen molar-refractivity contribution in [2.45, 2.75) is 11.0 Å². The van der Waals surface area contributed by atoms with Crippen LogP contribution in [0.2, 0.25) is 5.02 Å². The SMILES string of the molecule is COC(C(=O)N1CCN(S(=O)(=O)c2ccc3cc(Cl)ccc3c2)CC1)c1ccncc1. The molecule has 0 bridgehead atoms. The van der Waals surface area contributed by atoms with Crippen molar-refractivity contribution >= 4 is 38.3 Å². The highest BCUT2D eigenvalue weighted by atomic mass is 35.5. The number of carbonyl (C=O) groups excluding carboxylic acids is 1. The molecule has 1 fully saturated rings. The minimum atomic E-state index is -3.67. The van der Waals surface area contributed by atoms with Crippen molar-refractivity contribution < 1.29 is 17.9 Å². The van der Waals surface area contributed by atoms with Gasteiger partial charge in [0.25, 0.3) is 5.91 Å². The van der Waals surface area contributed by atoms with E-state index < -0.39 is 16.1 Å². The summed E-state index contributed by atoms with van der Waals surface area (Å²) in [5.74, 6) is -0.187. The van der Waals surface area contributed by atoms with Gasteiger partial charge in [-0.15, -0.1) is 0 Å². The molecule has 2 aromatic carbocycles. The molecular formula is C22H22ClN3O4S. The molecule has 1 aliphatic heterocycles. The molecule has 1 amide bonds. The summed E-state index contributed by atoms with van der Waals surface area (Å²) in [6.45, 7) is 1.04. The molecule has 9 heteroatoms. The van der Waals surface area contributed by atoms with Crippen molar-refractivity contribution in [3.63, 3.8) is 0 Å². The van der Waals surface area contributed by atoms with E-state index in [-0.39, 0.29) is 23.9 Å². The highest BCUT2D eigenvalue weighted by Crippen LogP contribution is 2.26. The second-order valence-electron chi connectivity index (χ2n) is 7.28. The number of sulfonamides is 1. The number of methoxy groups -OCH3 is 1. The Balaban J connectivity index is 1.47. The molecular weight excluding hydrogens is 438 g/mol. The zero-order valence-corrected chi connectivity index (χ0v) is 18.5. The third kappa shape index (κ3) is 4.43. The monoisotopic (exact) mass is 459 g/mol. The van der Waals surface area contributed by atoms with Crippen LogP contribution < -0.4 is 0 Å². The highest BCUT2D eigenvalue weighted by molar-refractivity contribution is 7.89. The van der Waals surface area contributed by atoms with E-state index in [1.807, 2.05) is 0 Å². The topological polar surface area (TPSA) is 79.8 Å². The number of nitrogens with zero attached hydrogens (tertiary/aromatic N) is 3. The fraction of sp³-hybridized carbons (Fsp3) is 0.273. The molecule has 162 valence electrons. The van der Waals surface area contributed by atoms with Crippen molar-refractivity contribution in [2.75, 3.05) is 33.3 Å². The van der Waals surface area contributed by atoms with E-state index in [2.05, 4.69) is 4.98 Å². The van der Waals surface area contributed by atoms with Gasteiger partial charge >= 0.3 is 0 Å². The summed E-state index contributed by atoms with van der Waals surface area (Å²) in [5, 5.41) is 2.29. The second kappa shape index (κ2) is 8.92. The van der Waals surface area contributed by atoms with Gasteiger partial charge < -0.3 is 9.64 Å². The maximum Gasteiger partial charge on any atom is 0.256 e. The quantitative estimate of drug-likeness (QED) is 0.585. The lowest BCUT2D eigenvalue weighted by Gasteiger charge is -2.35. The number of rotatable bonds is 5. The van der Waals surface area contributed by atoms with Gasteiger partial charge in [0, 0.05) is 50.7 Å². The Morgan fingerprint density at radius 2 is 1.65 bits per heavy atom. The lowest BCUT2D eigenvalue weighted by atomic mass is 10.1. The Labute approximate surface area is 186 Å². The van der Waals surface area contributed by atoms with Crippen LogP contribution in [0.4, 0.5) is 0 Å². The van der Waals surface area contributed by atoms with Crippen LogP contribution in [0.5, 0.6) is 0 Å². The molecule has 0 saturated carbocycles. The van der Waals surface area contributed by atoms with Crippen molar-refractivity contribution in [2.24, 2.45) is 0 Å². The predicted molar refractivity (Wildman–Crippen MR) is 118 cm³/mol. The Morgan fingerprint density at radius 3 is 2.32 bits per heavy atom. The summed E-state index contributed by atoms with van der Waals surface area (Å²) >= 11 is 6.01. The number of fused-ring (bicyclic) bond motifs is 1. The smallest absolute Gasteiger partial charge is 0.256 e. The fourth-order valence-corrected chi connectivity index (χ4v) is 5.38. The molecule has 2 heterocycles. The number of hydrogen-bond acceptors (Lipinski definition) is 5. The van der Waals surface area contributed by atoms with Gasteiger partial charge in [0.15, 0.2) is 6.10 Å². The number of halogens is 1. The van der Waals surface area contributed by atoms with Crippen molar-refractivity contribution in [3.8, 4) is 0 Å². The van der Waals surface area contributed by atoms with Crippen LogP contribution in [0.1, 0.15) is 11.7 Å². The summed E-state index contributed by atoms with van der Waals surface area (Å²) < 4.78 is 33.1. The minimum absolute atomic E-state index is 0.187. The number of hydrogen-bond donors (Lipinski definition) is 0. The van der Waals surface area contributed by atoms with Gasteiger partial charge in [-0.2, -0.15) is 4.31 Å². The van der Waals surface area contributed by atoms with E-state index in [1.165, 1.54) is 11.4 Å². The first-order chi connectivity index (χ1) is 14.9. The Hall–Kier alpha value is -2.52. The lowest BCUT2D eigenvalue weighted by molar-refractivity contribution is -0.143. The van der Waals surface area contributed by atoms with Crippen LogP contribution in [0.3, 0.4) is 0 Å². The first-order valence-electron chi connectivity index (χ1n) is 9.81. The normalized spacial score (nSPS) is 16.4. The molecule has 0 N–H and O–H groups in total. The molecule has 1 unspecified atom stereocenters. The van der Waals surface area contributed by atoms with Crippen LogP contribution in [0, 0.1) is 0 Å². The van der Waals surface area contributed by atoms with E-state index in [0.717, 1.165) is 10.8 Å². The Morgan fingerprint density at radius 1 is 1.00 bits per heavy atom. The van der Waals surface area contributed by atoms with Gasteiger partial charge in [0.1, 0.15) is 0 Å². The van der Waals surface area contributed by atoms with Crippen LogP contribution >= 0.6 is 11.6 Å². The van der Waals surface area contributed by atoms with Gasteiger partial charge in [0.2, 0.25) is 10.0 Å². The third-order valence-electron chi connectivity index (χ3n) is 5.43. The summed E-state index contributed by atoms with van der Waals surface area (Å²) in [4.78, 5) is 18.8. The van der Waals surface area contributed by atoms with Gasteiger partial charge in [-0.1, -0.05) is 23.7 Å². The molecule has 0 radical (unpaired) electrons. The van der Waals surface area contributed by atoms with Gasteiger partial charge in [-0.05, 0) is 52.7 Å². The molecule has 0 aliphatic carbocycles. The average molecular weight is 460 g/mol. The minimum Gasteiger partial charge on any atom is -0.367 e. The molecule has 1 aliphatic rings. The zero-order chi connectivity index (χ0) is 22.0. The number of benzene rings is 2. The molecule has 1 atom stereocenters. The maximum absolute atomic E-state index is 13.2. The first-order valence-corrected chi connectivity index (χ1v) is 11.6. The fourth-order valence-electron chi connectivity index (χ4n) is 3.74. The largest absolute Gasteiger partial charge is 0.367 e. The van der Waals surface area contributed by atoms with Gasteiger partial charge in [0.05, 0.1) is 4.90 Å². The van der Waals surface area contributed by atoms with Crippen LogP contribution in [-0.4, -0.2) is 61.8 Å². The van der Waals surface area contributed by atoms with E-state index in [0.29, 0.717) is 23.7 Å². The Bertz CT molecular complexity index is 1200. The number of amides is 1. The van der Waals surface area contributed by atoms with Crippen molar-refractivity contribution in [1.82, 2.24) is 14.2 Å². The third-order valence-corrected chi connectivity index (χ3v) is 7.56. The summed E-state index contributed by atoms with van der Waals surface area (Å²) in [5.41, 5.74) is 0.716. The number of pyridine rings is 1. The molecule has 7 nitrogen and oxygen atoms in total. The maximum atomic E-state index is 13.2. The van der Waals surface area contributed by atoms with Crippen LogP contribution in [0.15, 0.2) is 65.8 Å². The number of ether oxygens (including phenoxy) is 1. The standard InChI is InChI=1S/C22H22ClN3O4S/c1-30-21(16-6-8-24-9-7-16)22(27)25-10-12-26(13-11-25)31(28,29)20-5-3-17-14-19(23)4-2-18(17)15-20/h2-9,14-15,21H,10-13H2,1H3. The zero-order valence-electron chi connectivity index (χ0n) is 16.9. The molecule has 4 rings (SSSR count). The van der Waals surface area contributed by atoms with E-state index in [4.69, 9.17) is 16.3 Å². The summed E-state index contributed by atoms with van der Waals surface area (Å²) in [7, 11) is -2.19. The number of carbonyl (C=O) groups is 1. The van der Waals surface area contributed by atoms with Crippen LogP contribution in [-0.2, 0) is 19.6 Å². The summed E-state index contributed by atoms with van der Waals surface area (Å²) in [6, 6.07) is 13.8. The van der Waals surface area contributed by atoms with Gasteiger partial charge in [-0.3, -0.25) is 9.78 Å². The molecule has 0 spiro atoms. The predicted octanol–water partition coefficient (Wildman–Crippen LogP) is 3.11. The number of aromatic nitrogens is 1. The van der Waals surface area contributed by atoms with Crippen molar-refractivity contribution in [1.29, 1.82) is 0 Å². The lowest BCUT2D eigenvalue weighted by Crippen LogP contribution is -2.51. The highest BCUT2D eigenvalue weighted by Gasteiger charge is 2.33. The molecule has 1 saturated heterocycles. The van der Waals surface area contributed by atoms with Crippen LogP contribution in [0.25, 0.3) is 10.8 Å². The number of piperazine rings is 1.